The number of aliphatic carboxylic acids is 1. The van der Waals surface area contributed by atoms with E-state index < -0.39 is 55.0 Å². The van der Waals surface area contributed by atoms with Crippen LogP contribution in [0, 0.1) is 5.92 Å². The summed E-state index contributed by atoms with van der Waals surface area (Å²) in [5.41, 5.74) is 5.83. The predicted octanol–water partition coefficient (Wildman–Crippen LogP) is -1.72. The third kappa shape index (κ3) is 10.8. The molecule has 0 aliphatic carbocycles. The van der Waals surface area contributed by atoms with E-state index in [0.717, 1.165) is 0 Å². The maximum absolute atomic E-state index is 12.5. The van der Waals surface area contributed by atoms with Gasteiger partial charge in [0.2, 0.25) is 17.7 Å². The number of thioether (sulfide) groups is 1. The summed E-state index contributed by atoms with van der Waals surface area (Å²) in [5, 5.41) is 24.9. The Morgan fingerprint density at radius 3 is 2.11 bits per heavy atom. The maximum atomic E-state index is 12.5. The van der Waals surface area contributed by atoms with Gasteiger partial charge in [-0.3, -0.25) is 19.2 Å². The second-order valence-corrected chi connectivity index (χ2v) is 7.42. The zero-order valence-electron chi connectivity index (χ0n) is 15.9. The number of carboxylic acids is 1. The van der Waals surface area contributed by atoms with Gasteiger partial charge in [-0.25, -0.2) is 0 Å². The molecular weight excluding hydrogens is 376 g/mol. The topological polar surface area (TPSA) is 171 Å². The fourth-order valence-corrected chi connectivity index (χ4v) is 2.62. The molecule has 0 heterocycles. The molecule has 0 saturated carbocycles. The number of carbonyl (C=O) groups is 4. The van der Waals surface area contributed by atoms with Crippen LogP contribution in [0.1, 0.15) is 26.7 Å². The highest BCUT2D eigenvalue weighted by Crippen LogP contribution is 2.06. The molecule has 0 radical (unpaired) electrons. The van der Waals surface area contributed by atoms with Crippen LogP contribution >= 0.6 is 11.8 Å². The van der Waals surface area contributed by atoms with Crippen LogP contribution in [0.5, 0.6) is 0 Å². The van der Waals surface area contributed by atoms with Gasteiger partial charge in [0, 0.05) is 0 Å². The average molecular weight is 407 g/mol. The van der Waals surface area contributed by atoms with Gasteiger partial charge in [0.05, 0.1) is 12.6 Å². The van der Waals surface area contributed by atoms with E-state index in [4.69, 9.17) is 10.8 Å². The standard InChI is InChI=1S/C16H30N4O6S/c1-9(2)6-10(17)14(24)19-11(4-5-27-3)16(26)20-12(8-21)15(25)18-7-13(22)23/h9-12,21H,4-8,17H2,1-3H3,(H,18,25)(H,19,24)(H,20,26)(H,22,23). The van der Waals surface area contributed by atoms with Crippen LogP contribution in [0.15, 0.2) is 0 Å². The Hall–Kier alpha value is -1.85. The lowest BCUT2D eigenvalue weighted by molar-refractivity contribution is -0.139. The lowest BCUT2D eigenvalue weighted by atomic mass is 10.0. The molecule has 3 unspecified atom stereocenters. The number of hydrogen-bond donors (Lipinski definition) is 6. The van der Waals surface area contributed by atoms with Crippen LogP contribution in [0.25, 0.3) is 0 Å². The summed E-state index contributed by atoms with van der Waals surface area (Å²) in [6.07, 6.45) is 2.61. The van der Waals surface area contributed by atoms with E-state index in [1.54, 1.807) is 0 Å². The second-order valence-electron chi connectivity index (χ2n) is 6.43. The van der Waals surface area contributed by atoms with Gasteiger partial charge in [0.15, 0.2) is 0 Å². The summed E-state index contributed by atoms with van der Waals surface area (Å²) in [7, 11) is 0. The summed E-state index contributed by atoms with van der Waals surface area (Å²) < 4.78 is 0. The highest BCUT2D eigenvalue weighted by atomic mass is 32.2. The molecule has 0 aromatic rings. The van der Waals surface area contributed by atoms with E-state index in [2.05, 4.69) is 16.0 Å². The Balaban J connectivity index is 4.94. The van der Waals surface area contributed by atoms with Crippen molar-refractivity contribution in [2.75, 3.05) is 25.2 Å². The maximum Gasteiger partial charge on any atom is 0.322 e. The fraction of sp³-hybridized carbons (Fsp3) is 0.750. The predicted molar refractivity (Wildman–Crippen MR) is 102 cm³/mol. The molecule has 11 heteroatoms. The molecule has 0 aliphatic heterocycles. The minimum atomic E-state index is -1.32. The summed E-state index contributed by atoms with van der Waals surface area (Å²) in [5.74, 6) is -2.43. The second kappa shape index (κ2) is 13.3. The van der Waals surface area contributed by atoms with E-state index in [1.807, 2.05) is 20.1 Å². The lowest BCUT2D eigenvalue weighted by Gasteiger charge is -2.23. The van der Waals surface area contributed by atoms with E-state index in [0.29, 0.717) is 18.6 Å². The zero-order valence-corrected chi connectivity index (χ0v) is 16.7. The molecule has 0 spiro atoms. The molecule has 0 bridgehead atoms. The van der Waals surface area contributed by atoms with Crippen LogP contribution in [0.3, 0.4) is 0 Å². The van der Waals surface area contributed by atoms with Crippen molar-refractivity contribution in [3.63, 3.8) is 0 Å². The van der Waals surface area contributed by atoms with Crippen LogP contribution < -0.4 is 21.7 Å². The van der Waals surface area contributed by atoms with Crippen LogP contribution in [-0.4, -0.2) is 77.2 Å². The molecule has 27 heavy (non-hydrogen) atoms. The average Bonchev–Trinajstić information content (AvgIpc) is 2.59. The van der Waals surface area contributed by atoms with Crippen molar-refractivity contribution >= 4 is 35.5 Å². The van der Waals surface area contributed by atoms with E-state index in [9.17, 15) is 24.3 Å². The Morgan fingerprint density at radius 1 is 1.04 bits per heavy atom. The number of nitrogens with two attached hydrogens (primary N) is 1. The first-order valence-corrected chi connectivity index (χ1v) is 9.97. The SMILES string of the molecule is CSCCC(NC(=O)C(N)CC(C)C)C(=O)NC(CO)C(=O)NCC(=O)O. The number of aliphatic hydroxyl groups is 1. The van der Waals surface area contributed by atoms with Crippen molar-refractivity contribution in [1.29, 1.82) is 0 Å². The van der Waals surface area contributed by atoms with Gasteiger partial charge in [0.1, 0.15) is 18.6 Å². The minimum Gasteiger partial charge on any atom is -0.480 e. The third-order valence-electron chi connectivity index (χ3n) is 3.54. The number of amides is 3. The Labute approximate surface area is 163 Å². The molecule has 3 atom stereocenters. The number of rotatable bonds is 13. The molecule has 3 amide bonds. The molecule has 0 saturated heterocycles. The molecule has 0 aromatic heterocycles. The molecule has 0 rings (SSSR count). The molecule has 0 fully saturated rings. The Morgan fingerprint density at radius 2 is 1.63 bits per heavy atom. The summed E-state index contributed by atoms with van der Waals surface area (Å²) in [6.45, 7) is 2.49. The lowest BCUT2D eigenvalue weighted by Crippen LogP contribution is -2.57. The largest absolute Gasteiger partial charge is 0.480 e. The summed E-state index contributed by atoms with van der Waals surface area (Å²) in [4.78, 5) is 47.0. The first kappa shape index (κ1) is 25.1. The van der Waals surface area contributed by atoms with Crippen molar-refractivity contribution in [2.45, 2.75) is 44.8 Å². The van der Waals surface area contributed by atoms with Crippen molar-refractivity contribution in [3.05, 3.63) is 0 Å². The van der Waals surface area contributed by atoms with Gasteiger partial charge in [-0.05, 0) is 30.8 Å². The quantitative estimate of drug-likeness (QED) is 0.210. The van der Waals surface area contributed by atoms with Gasteiger partial charge >= 0.3 is 5.97 Å². The fourth-order valence-electron chi connectivity index (χ4n) is 2.15. The normalized spacial score (nSPS) is 14.1. The van der Waals surface area contributed by atoms with Crippen LogP contribution in [0.4, 0.5) is 0 Å². The number of nitrogens with one attached hydrogen (secondary N) is 3. The van der Waals surface area contributed by atoms with Gasteiger partial charge in [0.25, 0.3) is 0 Å². The van der Waals surface area contributed by atoms with E-state index in [-0.39, 0.29) is 5.92 Å². The minimum absolute atomic E-state index is 0.209. The van der Waals surface area contributed by atoms with Crippen molar-refractivity contribution < 1.29 is 29.4 Å². The Kier molecular flexibility index (Phi) is 12.4. The number of carbonyl (C=O) groups excluding carboxylic acids is 3. The first-order valence-electron chi connectivity index (χ1n) is 8.57. The van der Waals surface area contributed by atoms with E-state index in [1.165, 1.54) is 11.8 Å². The number of carboxylic acid groups (broad SMARTS) is 1. The summed E-state index contributed by atoms with van der Waals surface area (Å²) in [6, 6.07) is -3.01. The molecule has 7 N–H and O–H groups in total. The molecule has 10 nitrogen and oxygen atoms in total. The number of hydrogen-bond acceptors (Lipinski definition) is 7. The van der Waals surface area contributed by atoms with Gasteiger partial charge in [-0.15, -0.1) is 0 Å². The zero-order chi connectivity index (χ0) is 21.0. The smallest absolute Gasteiger partial charge is 0.322 e. The molecule has 156 valence electrons. The van der Waals surface area contributed by atoms with Gasteiger partial charge in [-0.1, -0.05) is 13.8 Å². The summed E-state index contributed by atoms with van der Waals surface area (Å²) >= 11 is 1.48. The van der Waals surface area contributed by atoms with Gasteiger partial charge < -0.3 is 31.9 Å². The molecule has 0 aliphatic rings. The number of aliphatic hydroxyl groups excluding tert-OH is 1. The monoisotopic (exact) mass is 406 g/mol. The third-order valence-corrected chi connectivity index (χ3v) is 4.18. The van der Waals surface area contributed by atoms with Crippen molar-refractivity contribution in [1.82, 2.24) is 16.0 Å². The molecule has 0 aromatic carbocycles. The van der Waals surface area contributed by atoms with Crippen LogP contribution in [0.2, 0.25) is 0 Å². The van der Waals surface area contributed by atoms with Crippen LogP contribution in [-0.2, 0) is 19.2 Å². The van der Waals surface area contributed by atoms with E-state index >= 15 is 0 Å². The first-order chi connectivity index (χ1) is 12.6. The molecular formula is C16H30N4O6S. The van der Waals surface area contributed by atoms with Crippen molar-refractivity contribution in [3.8, 4) is 0 Å². The van der Waals surface area contributed by atoms with Gasteiger partial charge in [-0.2, -0.15) is 11.8 Å². The highest BCUT2D eigenvalue weighted by Gasteiger charge is 2.27. The van der Waals surface area contributed by atoms with Crippen molar-refractivity contribution in [2.24, 2.45) is 11.7 Å². The Bertz CT molecular complexity index is 517. The highest BCUT2D eigenvalue weighted by molar-refractivity contribution is 7.98.